The molecule has 1 aromatic heterocycles. The van der Waals surface area contributed by atoms with Crippen molar-refractivity contribution in [2.24, 2.45) is 0 Å². The Kier molecular flexibility index (Phi) is 3.61. The van der Waals surface area contributed by atoms with Gasteiger partial charge in [-0.05, 0) is 37.0 Å². The third kappa shape index (κ3) is 2.85. The highest BCUT2D eigenvalue weighted by Gasteiger charge is 2.21. The molecule has 3 heteroatoms. The maximum absolute atomic E-state index is 8.88. The number of aryl methyl sites for hydroxylation is 2. The molecule has 0 saturated heterocycles. The van der Waals surface area contributed by atoms with Crippen LogP contribution in [-0.4, -0.2) is 4.98 Å². The number of thiazole rings is 1. The summed E-state index contributed by atoms with van der Waals surface area (Å²) in [6.07, 6.45) is 5.93. The van der Waals surface area contributed by atoms with Crippen LogP contribution in [-0.2, 0) is 12.8 Å². The molecular formula is C16H16N2S. The first-order chi connectivity index (χ1) is 9.35. The summed E-state index contributed by atoms with van der Waals surface area (Å²) in [6, 6.07) is 10.0. The second kappa shape index (κ2) is 5.54. The Balaban J connectivity index is 1.62. The Morgan fingerprint density at radius 3 is 2.95 bits per heavy atom. The lowest BCUT2D eigenvalue weighted by Gasteiger charge is -2.22. The van der Waals surface area contributed by atoms with Gasteiger partial charge >= 0.3 is 0 Å². The zero-order valence-corrected chi connectivity index (χ0v) is 11.6. The van der Waals surface area contributed by atoms with Gasteiger partial charge in [0.15, 0.2) is 0 Å². The molecule has 0 radical (unpaired) electrons. The summed E-state index contributed by atoms with van der Waals surface area (Å²) in [6.45, 7) is 0. The number of nitriles is 1. The summed E-state index contributed by atoms with van der Waals surface area (Å²) in [5.74, 6) is 0.729. The van der Waals surface area contributed by atoms with E-state index in [2.05, 4.69) is 17.5 Å². The molecule has 3 rings (SSSR count). The molecule has 1 aliphatic carbocycles. The molecule has 2 nitrogen and oxygen atoms in total. The highest BCUT2D eigenvalue weighted by molar-refractivity contribution is 7.09. The number of benzene rings is 1. The lowest BCUT2D eigenvalue weighted by molar-refractivity contribution is 0.412. The van der Waals surface area contributed by atoms with Crippen molar-refractivity contribution >= 4 is 11.3 Å². The van der Waals surface area contributed by atoms with E-state index < -0.39 is 0 Å². The van der Waals surface area contributed by atoms with Gasteiger partial charge in [-0.3, -0.25) is 0 Å². The average Bonchev–Trinajstić information content (AvgIpc) is 2.83. The van der Waals surface area contributed by atoms with E-state index in [1.54, 1.807) is 11.3 Å². The Morgan fingerprint density at radius 1 is 1.32 bits per heavy atom. The highest BCUT2D eigenvalue weighted by atomic mass is 32.1. The van der Waals surface area contributed by atoms with Crippen LogP contribution in [0.3, 0.4) is 0 Å². The van der Waals surface area contributed by atoms with E-state index in [4.69, 9.17) is 10.2 Å². The molecule has 1 heterocycles. The fraction of sp³-hybridized carbons (Fsp3) is 0.375. The summed E-state index contributed by atoms with van der Waals surface area (Å²) in [7, 11) is 0. The van der Waals surface area contributed by atoms with Crippen molar-refractivity contribution in [3.05, 3.63) is 51.5 Å². The number of aromatic nitrogens is 1. The first-order valence-corrected chi connectivity index (χ1v) is 7.66. The third-order valence-electron chi connectivity index (χ3n) is 3.78. The van der Waals surface area contributed by atoms with Gasteiger partial charge in [0.1, 0.15) is 0 Å². The van der Waals surface area contributed by atoms with Crippen molar-refractivity contribution in [2.75, 3.05) is 0 Å². The molecule has 0 atom stereocenters. The van der Waals surface area contributed by atoms with Crippen LogP contribution in [0.1, 0.15) is 47.0 Å². The van der Waals surface area contributed by atoms with E-state index >= 15 is 0 Å². The molecule has 1 fully saturated rings. The van der Waals surface area contributed by atoms with Crippen molar-refractivity contribution in [1.29, 1.82) is 5.26 Å². The minimum Gasteiger partial charge on any atom is -0.246 e. The molecule has 1 aromatic carbocycles. The minimum absolute atomic E-state index is 0.729. The quantitative estimate of drug-likeness (QED) is 0.838. The smallest absolute Gasteiger partial charge is 0.0991 e. The van der Waals surface area contributed by atoms with Crippen LogP contribution in [0.15, 0.2) is 29.6 Å². The van der Waals surface area contributed by atoms with E-state index in [1.165, 1.54) is 35.5 Å². The van der Waals surface area contributed by atoms with E-state index in [-0.39, 0.29) is 0 Å². The van der Waals surface area contributed by atoms with Gasteiger partial charge in [0.05, 0.1) is 22.3 Å². The minimum atomic E-state index is 0.729. The van der Waals surface area contributed by atoms with E-state index in [1.807, 2.05) is 18.2 Å². The topological polar surface area (TPSA) is 36.7 Å². The first kappa shape index (κ1) is 12.4. The van der Waals surface area contributed by atoms with Crippen LogP contribution < -0.4 is 0 Å². The summed E-state index contributed by atoms with van der Waals surface area (Å²) in [4.78, 5) is 4.74. The maximum atomic E-state index is 8.88. The Hall–Kier alpha value is -1.66. The van der Waals surface area contributed by atoms with Crippen molar-refractivity contribution in [2.45, 2.75) is 38.0 Å². The van der Waals surface area contributed by atoms with Gasteiger partial charge in [0.2, 0.25) is 0 Å². The predicted octanol–water partition coefficient (Wildman–Crippen LogP) is 4.07. The molecular weight excluding hydrogens is 252 g/mol. The fourth-order valence-electron chi connectivity index (χ4n) is 2.38. The fourth-order valence-corrected chi connectivity index (χ4v) is 3.26. The number of nitrogens with zero attached hydrogens (tertiary/aromatic N) is 2. The van der Waals surface area contributed by atoms with Crippen molar-refractivity contribution < 1.29 is 0 Å². The summed E-state index contributed by atoms with van der Waals surface area (Å²) < 4.78 is 0. The second-order valence-corrected chi connectivity index (χ2v) is 6.05. The molecule has 0 spiro atoms. The molecule has 2 aromatic rings. The van der Waals surface area contributed by atoms with Crippen LogP contribution in [0, 0.1) is 11.3 Å². The lowest BCUT2D eigenvalue weighted by Crippen LogP contribution is -2.09. The first-order valence-electron chi connectivity index (χ1n) is 6.78. The van der Waals surface area contributed by atoms with Gasteiger partial charge in [-0.2, -0.15) is 5.26 Å². The lowest BCUT2D eigenvalue weighted by atomic mass is 9.83. The zero-order chi connectivity index (χ0) is 13.1. The molecule has 0 bridgehead atoms. The van der Waals surface area contributed by atoms with Gasteiger partial charge < -0.3 is 0 Å². The molecule has 0 N–H and O–H groups in total. The maximum Gasteiger partial charge on any atom is 0.0991 e. The van der Waals surface area contributed by atoms with Crippen molar-refractivity contribution in [3.63, 3.8) is 0 Å². The van der Waals surface area contributed by atoms with Crippen LogP contribution in [0.2, 0.25) is 0 Å². The van der Waals surface area contributed by atoms with E-state index in [9.17, 15) is 0 Å². The van der Waals surface area contributed by atoms with Crippen LogP contribution in [0.25, 0.3) is 0 Å². The molecule has 0 unspecified atom stereocenters. The van der Waals surface area contributed by atoms with Crippen LogP contribution in [0.4, 0.5) is 0 Å². The third-order valence-corrected chi connectivity index (χ3v) is 4.70. The average molecular weight is 268 g/mol. The molecule has 19 heavy (non-hydrogen) atoms. The molecule has 0 aliphatic heterocycles. The monoisotopic (exact) mass is 268 g/mol. The predicted molar refractivity (Wildman–Crippen MR) is 77.3 cm³/mol. The molecule has 1 saturated carbocycles. The highest BCUT2D eigenvalue weighted by Crippen LogP contribution is 2.36. The van der Waals surface area contributed by atoms with Gasteiger partial charge in [-0.25, -0.2) is 4.98 Å². The Bertz CT molecular complexity index is 605. The summed E-state index contributed by atoms with van der Waals surface area (Å²) >= 11 is 1.78. The Morgan fingerprint density at radius 2 is 2.21 bits per heavy atom. The zero-order valence-electron chi connectivity index (χ0n) is 10.8. The van der Waals surface area contributed by atoms with Gasteiger partial charge in [-0.15, -0.1) is 11.3 Å². The van der Waals surface area contributed by atoms with Crippen molar-refractivity contribution in [1.82, 2.24) is 4.98 Å². The van der Waals surface area contributed by atoms with Crippen molar-refractivity contribution in [3.8, 4) is 6.07 Å². The number of hydrogen-bond donors (Lipinski definition) is 0. The standard InChI is InChI=1S/C16H16N2S/c17-10-13-4-1-3-12(9-13)7-8-16-18-15(11-19-16)14-5-2-6-14/h1,3-4,9,11,14H,2,5-8H2. The van der Waals surface area contributed by atoms with Gasteiger partial charge in [-0.1, -0.05) is 18.6 Å². The van der Waals surface area contributed by atoms with E-state index in [0.717, 1.165) is 24.3 Å². The summed E-state index contributed by atoms with van der Waals surface area (Å²) in [5, 5.41) is 12.3. The molecule has 1 aliphatic rings. The number of hydrogen-bond acceptors (Lipinski definition) is 3. The van der Waals surface area contributed by atoms with Crippen LogP contribution >= 0.6 is 11.3 Å². The second-order valence-electron chi connectivity index (χ2n) is 5.11. The molecule has 96 valence electrons. The number of rotatable bonds is 4. The normalized spacial score (nSPS) is 14.9. The molecule has 0 amide bonds. The van der Waals surface area contributed by atoms with Gasteiger partial charge in [0, 0.05) is 17.7 Å². The summed E-state index contributed by atoms with van der Waals surface area (Å²) in [5.41, 5.74) is 3.27. The van der Waals surface area contributed by atoms with Crippen LogP contribution in [0.5, 0.6) is 0 Å². The largest absolute Gasteiger partial charge is 0.246 e. The SMILES string of the molecule is N#Cc1cccc(CCc2nc(C3CCC3)cs2)c1. The van der Waals surface area contributed by atoms with Gasteiger partial charge in [0.25, 0.3) is 0 Å². The Labute approximate surface area is 117 Å². The van der Waals surface area contributed by atoms with E-state index in [0.29, 0.717) is 0 Å².